The van der Waals surface area contributed by atoms with Gasteiger partial charge in [-0.15, -0.1) is 0 Å². The number of rotatable bonds is 6. The monoisotopic (exact) mass is 215 g/mol. The molecule has 0 aromatic rings. The lowest BCUT2D eigenvalue weighted by atomic mass is 10.1. The second-order valence-electron chi connectivity index (χ2n) is 3.82. The third-order valence-corrected chi connectivity index (χ3v) is 2.07. The van der Waals surface area contributed by atoms with E-state index in [4.69, 9.17) is 5.73 Å². The van der Waals surface area contributed by atoms with Crippen molar-refractivity contribution in [3.05, 3.63) is 0 Å². The van der Waals surface area contributed by atoms with Crippen LogP contribution in [-0.4, -0.2) is 43.4 Å². The van der Waals surface area contributed by atoms with E-state index < -0.39 is 6.04 Å². The normalized spacial score (nSPS) is 12.0. The first kappa shape index (κ1) is 13.9. The molecule has 0 aliphatic heterocycles. The predicted molar refractivity (Wildman–Crippen MR) is 59.2 cm³/mol. The number of carbonyl (C=O) groups is 2. The Balaban J connectivity index is 3.51. The molecular weight excluding hydrogens is 194 g/mol. The molecule has 0 radical (unpaired) electrons. The highest BCUT2D eigenvalue weighted by Crippen LogP contribution is 2.00. The van der Waals surface area contributed by atoms with Crippen LogP contribution in [0.4, 0.5) is 0 Å². The molecule has 0 bridgehead atoms. The van der Waals surface area contributed by atoms with Crippen LogP contribution in [0, 0.1) is 0 Å². The van der Waals surface area contributed by atoms with E-state index in [0.717, 1.165) is 12.8 Å². The van der Waals surface area contributed by atoms with Crippen molar-refractivity contribution in [3.8, 4) is 0 Å². The first-order chi connectivity index (χ1) is 6.95. The molecule has 5 nitrogen and oxygen atoms in total. The third-order valence-electron chi connectivity index (χ3n) is 2.07. The van der Waals surface area contributed by atoms with E-state index in [1.165, 1.54) is 11.8 Å². The Hall–Kier alpha value is -1.10. The zero-order valence-electron chi connectivity index (χ0n) is 9.75. The van der Waals surface area contributed by atoms with Crippen molar-refractivity contribution in [2.75, 3.05) is 20.6 Å². The van der Waals surface area contributed by atoms with Crippen molar-refractivity contribution in [2.45, 2.75) is 32.2 Å². The Kier molecular flexibility index (Phi) is 6.70. The van der Waals surface area contributed by atoms with E-state index in [1.807, 2.05) is 0 Å². The average Bonchev–Trinajstić information content (AvgIpc) is 2.15. The van der Waals surface area contributed by atoms with Gasteiger partial charge in [-0.05, 0) is 19.3 Å². The van der Waals surface area contributed by atoms with Crippen LogP contribution in [-0.2, 0) is 9.59 Å². The SMILES string of the molecule is CC(=O)NCCCC[C@H](N)C(=O)N(C)C. The lowest BCUT2D eigenvalue weighted by Crippen LogP contribution is -2.39. The van der Waals surface area contributed by atoms with Crippen LogP contribution in [0.15, 0.2) is 0 Å². The molecule has 0 aliphatic rings. The topological polar surface area (TPSA) is 75.4 Å². The molecule has 3 N–H and O–H groups in total. The molecule has 0 aromatic heterocycles. The van der Waals surface area contributed by atoms with Crippen LogP contribution in [0.25, 0.3) is 0 Å². The van der Waals surface area contributed by atoms with Crippen LogP contribution < -0.4 is 11.1 Å². The summed E-state index contributed by atoms with van der Waals surface area (Å²) in [6.45, 7) is 2.14. The van der Waals surface area contributed by atoms with Gasteiger partial charge in [0.1, 0.15) is 0 Å². The first-order valence-corrected chi connectivity index (χ1v) is 5.16. The number of hydrogen-bond donors (Lipinski definition) is 2. The first-order valence-electron chi connectivity index (χ1n) is 5.16. The van der Waals surface area contributed by atoms with Gasteiger partial charge in [-0.2, -0.15) is 0 Å². The summed E-state index contributed by atoms with van der Waals surface area (Å²) in [5.74, 6) is -0.0711. The minimum Gasteiger partial charge on any atom is -0.356 e. The number of likely N-dealkylation sites (N-methyl/N-ethyl adjacent to an activating group) is 1. The van der Waals surface area contributed by atoms with Crippen LogP contribution >= 0.6 is 0 Å². The smallest absolute Gasteiger partial charge is 0.238 e. The summed E-state index contributed by atoms with van der Waals surface area (Å²) in [5, 5.41) is 2.70. The minimum absolute atomic E-state index is 0.0244. The molecule has 0 spiro atoms. The highest BCUT2D eigenvalue weighted by Gasteiger charge is 2.14. The standard InChI is InChI=1S/C10H21N3O2/c1-8(14)12-7-5-4-6-9(11)10(15)13(2)3/h9H,4-7,11H2,1-3H3,(H,12,14)/t9-/m0/s1. The highest BCUT2D eigenvalue weighted by atomic mass is 16.2. The Bertz CT molecular complexity index is 217. The number of hydrogen-bond acceptors (Lipinski definition) is 3. The maximum Gasteiger partial charge on any atom is 0.238 e. The number of amides is 2. The molecule has 0 saturated carbocycles. The van der Waals surface area contributed by atoms with Crippen LogP contribution in [0.5, 0.6) is 0 Å². The summed E-state index contributed by atoms with van der Waals surface area (Å²) in [6.07, 6.45) is 2.37. The van der Waals surface area contributed by atoms with Crippen molar-refractivity contribution in [1.82, 2.24) is 10.2 Å². The van der Waals surface area contributed by atoms with E-state index in [1.54, 1.807) is 14.1 Å². The Morgan fingerprint density at radius 1 is 1.33 bits per heavy atom. The van der Waals surface area contributed by atoms with Gasteiger partial charge in [0, 0.05) is 27.6 Å². The molecule has 2 amide bonds. The van der Waals surface area contributed by atoms with Gasteiger partial charge in [0.15, 0.2) is 0 Å². The fourth-order valence-corrected chi connectivity index (χ4v) is 1.21. The Morgan fingerprint density at radius 2 is 1.93 bits per heavy atom. The van der Waals surface area contributed by atoms with Gasteiger partial charge in [-0.25, -0.2) is 0 Å². The molecular formula is C10H21N3O2. The fraction of sp³-hybridized carbons (Fsp3) is 0.800. The van der Waals surface area contributed by atoms with Gasteiger partial charge in [0.25, 0.3) is 0 Å². The highest BCUT2D eigenvalue weighted by molar-refractivity contribution is 5.81. The van der Waals surface area contributed by atoms with Gasteiger partial charge in [0.05, 0.1) is 6.04 Å². The molecule has 0 aromatic carbocycles. The van der Waals surface area contributed by atoms with Crippen molar-refractivity contribution in [2.24, 2.45) is 5.73 Å². The van der Waals surface area contributed by atoms with Gasteiger partial charge in [-0.1, -0.05) is 0 Å². The van der Waals surface area contributed by atoms with Gasteiger partial charge in [-0.3, -0.25) is 9.59 Å². The number of nitrogens with one attached hydrogen (secondary N) is 1. The van der Waals surface area contributed by atoms with Crippen molar-refractivity contribution >= 4 is 11.8 Å². The number of unbranched alkanes of at least 4 members (excludes halogenated alkanes) is 1. The van der Waals surface area contributed by atoms with Crippen LogP contribution in [0.2, 0.25) is 0 Å². The molecule has 1 atom stereocenters. The van der Waals surface area contributed by atoms with Crippen molar-refractivity contribution in [3.63, 3.8) is 0 Å². The van der Waals surface area contributed by atoms with Crippen molar-refractivity contribution < 1.29 is 9.59 Å². The Labute approximate surface area is 91.0 Å². The molecule has 5 heteroatoms. The molecule has 0 fully saturated rings. The van der Waals surface area contributed by atoms with Gasteiger partial charge < -0.3 is 16.0 Å². The summed E-state index contributed by atoms with van der Waals surface area (Å²) < 4.78 is 0. The molecule has 0 heterocycles. The van der Waals surface area contributed by atoms with E-state index in [9.17, 15) is 9.59 Å². The third kappa shape index (κ3) is 6.90. The number of nitrogens with zero attached hydrogens (tertiary/aromatic N) is 1. The summed E-state index contributed by atoms with van der Waals surface area (Å²) in [4.78, 5) is 23.4. The second-order valence-corrected chi connectivity index (χ2v) is 3.82. The summed E-state index contributed by atoms with van der Waals surface area (Å²) in [6, 6.07) is -0.419. The maximum absolute atomic E-state index is 11.3. The quantitative estimate of drug-likeness (QED) is 0.598. The zero-order valence-corrected chi connectivity index (χ0v) is 9.75. The molecule has 0 saturated heterocycles. The fourth-order valence-electron chi connectivity index (χ4n) is 1.21. The lowest BCUT2D eigenvalue weighted by Gasteiger charge is -2.16. The van der Waals surface area contributed by atoms with Crippen LogP contribution in [0.3, 0.4) is 0 Å². The van der Waals surface area contributed by atoms with E-state index in [0.29, 0.717) is 13.0 Å². The van der Waals surface area contributed by atoms with Gasteiger partial charge in [0.2, 0.25) is 11.8 Å². The van der Waals surface area contributed by atoms with Crippen LogP contribution in [0.1, 0.15) is 26.2 Å². The molecule has 0 aliphatic carbocycles. The number of carbonyl (C=O) groups excluding carboxylic acids is 2. The van der Waals surface area contributed by atoms with Crippen molar-refractivity contribution in [1.29, 1.82) is 0 Å². The van der Waals surface area contributed by atoms with E-state index in [2.05, 4.69) is 5.32 Å². The molecule has 15 heavy (non-hydrogen) atoms. The largest absolute Gasteiger partial charge is 0.356 e. The molecule has 0 unspecified atom stereocenters. The van der Waals surface area contributed by atoms with E-state index >= 15 is 0 Å². The Morgan fingerprint density at radius 3 is 2.40 bits per heavy atom. The maximum atomic E-state index is 11.3. The molecule has 0 rings (SSSR count). The van der Waals surface area contributed by atoms with Gasteiger partial charge >= 0.3 is 0 Å². The summed E-state index contributed by atoms with van der Waals surface area (Å²) in [5.41, 5.74) is 5.68. The summed E-state index contributed by atoms with van der Waals surface area (Å²) in [7, 11) is 3.39. The second kappa shape index (κ2) is 7.23. The van der Waals surface area contributed by atoms with E-state index in [-0.39, 0.29) is 11.8 Å². The zero-order chi connectivity index (χ0) is 11.8. The minimum atomic E-state index is -0.419. The lowest BCUT2D eigenvalue weighted by molar-refractivity contribution is -0.130. The predicted octanol–water partition coefficient (Wildman–Crippen LogP) is -0.292. The summed E-state index contributed by atoms with van der Waals surface area (Å²) >= 11 is 0. The number of nitrogens with two attached hydrogens (primary N) is 1. The molecule has 88 valence electrons. The average molecular weight is 215 g/mol.